The van der Waals surface area contributed by atoms with Gasteiger partial charge in [0.25, 0.3) is 0 Å². The summed E-state index contributed by atoms with van der Waals surface area (Å²) in [6.07, 6.45) is 1.71. The number of nitrogens with zero attached hydrogens (tertiary/aromatic N) is 1. The van der Waals surface area contributed by atoms with Crippen LogP contribution >= 0.6 is 11.3 Å². The number of thiophene rings is 1. The van der Waals surface area contributed by atoms with E-state index in [9.17, 15) is 5.11 Å². The number of hydrogen-bond donors (Lipinski definition) is 1. The molecule has 0 bridgehead atoms. The lowest BCUT2D eigenvalue weighted by molar-refractivity contribution is 0.0524. The summed E-state index contributed by atoms with van der Waals surface area (Å²) in [4.78, 5) is 3.52. The maximum Gasteiger partial charge on any atom is 0.0826 e. The Hall–Kier alpha value is -0.380. The first-order valence-electron chi connectivity index (χ1n) is 5.02. The van der Waals surface area contributed by atoms with E-state index in [-0.39, 0.29) is 0 Å². The Morgan fingerprint density at radius 1 is 1.64 bits per heavy atom. The molecular weight excluding hydrogens is 194 g/mol. The molecule has 1 N–H and O–H groups in total. The number of likely N-dealkylation sites (tertiary alicyclic amines) is 1. The molecule has 1 aliphatic rings. The van der Waals surface area contributed by atoms with Gasteiger partial charge in [0.05, 0.1) is 5.60 Å². The van der Waals surface area contributed by atoms with Gasteiger partial charge < -0.3 is 10.0 Å². The monoisotopic (exact) mass is 211 g/mol. The van der Waals surface area contributed by atoms with Crippen molar-refractivity contribution in [3.63, 3.8) is 0 Å². The minimum atomic E-state index is -0.484. The summed E-state index contributed by atoms with van der Waals surface area (Å²) in [5.41, 5.74) is 0.799. The van der Waals surface area contributed by atoms with Crippen molar-refractivity contribution in [2.45, 2.75) is 25.4 Å². The fraction of sp³-hybridized carbons (Fsp3) is 0.636. The quantitative estimate of drug-likeness (QED) is 0.804. The number of likely N-dealkylation sites (N-methyl/N-ethyl adjacent to an activating group) is 1. The second kappa shape index (κ2) is 3.65. The van der Waals surface area contributed by atoms with Gasteiger partial charge in [-0.2, -0.15) is 0 Å². The van der Waals surface area contributed by atoms with Crippen molar-refractivity contribution in [2.75, 3.05) is 20.1 Å². The van der Waals surface area contributed by atoms with E-state index in [2.05, 4.69) is 30.3 Å². The first-order chi connectivity index (χ1) is 6.57. The van der Waals surface area contributed by atoms with Gasteiger partial charge in [-0.3, -0.25) is 0 Å². The summed E-state index contributed by atoms with van der Waals surface area (Å²) in [5, 5.41) is 12.4. The van der Waals surface area contributed by atoms with Crippen molar-refractivity contribution in [1.82, 2.24) is 4.90 Å². The number of aryl methyl sites for hydroxylation is 1. The van der Waals surface area contributed by atoms with Crippen LogP contribution in [0, 0.1) is 6.92 Å². The summed E-state index contributed by atoms with van der Waals surface area (Å²) in [7, 11) is 2.07. The van der Waals surface area contributed by atoms with Crippen molar-refractivity contribution < 1.29 is 5.11 Å². The molecule has 2 heterocycles. The van der Waals surface area contributed by atoms with Crippen LogP contribution in [0.1, 0.15) is 16.9 Å². The highest BCUT2D eigenvalue weighted by molar-refractivity contribution is 7.10. The highest BCUT2D eigenvalue weighted by atomic mass is 32.1. The third-order valence-corrected chi connectivity index (χ3v) is 3.75. The normalized spacial score (nSPS) is 28.5. The van der Waals surface area contributed by atoms with E-state index < -0.39 is 5.60 Å². The molecule has 0 amide bonds. The van der Waals surface area contributed by atoms with Gasteiger partial charge in [-0.25, -0.2) is 0 Å². The average molecular weight is 211 g/mol. The van der Waals surface area contributed by atoms with Crippen molar-refractivity contribution in [2.24, 2.45) is 0 Å². The molecular formula is C11H17NOS. The highest BCUT2D eigenvalue weighted by Crippen LogP contribution is 2.26. The molecule has 1 fully saturated rings. The maximum atomic E-state index is 10.3. The SMILES string of the molecule is Cc1cc(CC2(O)CCN(C)C2)cs1. The van der Waals surface area contributed by atoms with E-state index in [1.165, 1.54) is 10.4 Å². The molecule has 0 aromatic carbocycles. The van der Waals surface area contributed by atoms with Gasteiger partial charge in [0, 0.05) is 24.4 Å². The molecule has 78 valence electrons. The fourth-order valence-corrected chi connectivity index (χ4v) is 2.88. The van der Waals surface area contributed by atoms with Gasteiger partial charge in [-0.1, -0.05) is 0 Å². The van der Waals surface area contributed by atoms with Gasteiger partial charge in [-0.15, -0.1) is 11.3 Å². The highest BCUT2D eigenvalue weighted by Gasteiger charge is 2.34. The number of rotatable bonds is 2. The van der Waals surface area contributed by atoms with Gasteiger partial charge in [0.15, 0.2) is 0 Å². The first-order valence-corrected chi connectivity index (χ1v) is 5.90. The lowest BCUT2D eigenvalue weighted by Gasteiger charge is -2.21. The Morgan fingerprint density at radius 2 is 2.43 bits per heavy atom. The third kappa shape index (κ3) is 2.16. The Morgan fingerprint density at radius 3 is 2.93 bits per heavy atom. The smallest absolute Gasteiger partial charge is 0.0826 e. The molecule has 1 aliphatic heterocycles. The van der Waals surface area contributed by atoms with E-state index in [1.54, 1.807) is 11.3 Å². The lowest BCUT2D eigenvalue weighted by Crippen LogP contribution is -2.34. The fourth-order valence-electron chi connectivity index (χ4n) is 2.17. The molecule has 1 unspecified atom stereocenters. The average Bonchev–Trinajstić information content (AvgIpc) is 2.60. The van der Waals surface area contributed by atoms with Crippen LogP contribution in [-0.4, -0.2) is 35.7 Å². The number of β-amino-alcohol motifs (C(OH)–C–C–N with tert-alkyl or cyclic N) is 1. The molecule has 1 atom stereocenters. The summed E-state index contributed by atoms with van der Waals surface area (Å²) < 4.78 is 0. The van der Waals surface area contributed by atoms with Crippen LogP contribution in [0.25, 0.3) is 0 Å². The zero-order valence-electron chi connectivity index (χ0n) is 8.79. The minimum absolute atomic E-state index is 0.484. The molecule has 14 heavy (non-hydrogen) atoms. The number of hydrogen-bond acceptors (Lipinski definition) is 3. The van der Waals surface area contributed by atoms with Crippen LogP contribution in [0.3, 0.4) is 0 Å². The lowest BCUT2D eigenvalue weighted by atomic mass is 9.95. The van der Waals surface area contributed by atoms with Crippen molar-refractivity contribution >= 4 is 11.3 Å². The Labute approximate surface area is 89.2 Å². The molecule has 2 nitrogen and oxygen atoms in total. The van der Waals surface area contributed by atoms with Crippen molar-refractivity contribution in [3.05, 3.63) is 21.9 Å². The standard InChI is InChI=1S/C11H17NOS/c1-9-5-10(7-14-9)6-11(13)3-4-12(2)8-11/h5,7,13H,3-4,6,8H2,1-2H3. The van der Waals surface area contributed by atoms with Gasteiger partial charge in [-0.05, 0) is 37.4 Å². The van der Waals surface area contributed by atoms with Gasteiger partial charge in [0.2, 0.25) is 0 Å². The minimum Gasteiger partial charge on any atom is -0.388 e. The molecule has 0 radical (unpaired) electrons. The van der Waals surface area contributed by atoms with E-state index >= 15 is 0 Å². The van der Waals surface area contributed by atoms with Crippen LogP contribution in [0.4, 0.5) is 0 Å². The van der Waals surface area contributed by atoms with E-state index in [0.29, 0.717) is 0 Å². The Balaban J connectivity index is 2.03. The van der Waals surface area contributed by atoms with Crippen LogP contribution in [0.15, 0.2) is 11.4 Å². The molecule has 0 saturated carbocycles. The maximum absolute atomic E-state index is 10.3. The largest absolute Gasteiger partial charge is 0.388 e. The Bertz CT molecular complexity index is 323. The van der Waals surface area contributed by atoms with Crippen LogP contribution in [-0.2, 0) is 6.42 Å². The molecule has 1 aromatic heterocycles. The zero-order chi connectivity index (χ0) is 10.2. The van der Waals surface area contributed by atoms with Crippen LogP contribution in [0.5, 0.6) is 0 Å². The first kappa shape index (κ1) is 10.1. The van der Waals surface area contributed by atoms with E-state index in [0.717, 1.165) is 25.9 Å². The topological polar surface area (TPSA) is 23.5 Å². The molecule has 0 spiro atoms. The predicted octanol–water partition coefficient (Wildman–Crippen LogP) is 1.67. The van der Waals surface area contributed by atoms with Crippen LogP contribution in [0.2, 0.25) is 0 Å². The summed E-state index contributed by atoms with van der Waals surface area (Å²) >= 11 is 1.76. The second-order valence-corrected chi connectivity index (χ2v) is 5.57. The second-order valence-electron chi connectivity index (χ2n) is 4.45. The summed E-state index contributed by atoms with van der Waals surface area (Å²) in [6, 6.07) is 2.18. The predicted molar refractivity (Wildman–Crippen MR) is 59.8 cm³/mol. The van der Waals surface area contributed by atoms with Crippen molar-refractivity contribution in [1.29, 1.82) is 0 Å². The van der Waals surface area contributed by atoms with Gasteiger partial charge in [0.1, 0.15) is 0 Å². The molecule has 0 aliphatic carbocycles. The third-order valence-electron chi connectivity index (χ3n) is 2.84. The van der Waals surface area contributed by atoms with Crippen LogP contribution < -0.4 is 0 Å². The van der Waals surface area contributed by atoms with Gasteiger partial charge >= 0.3 is 0 Å². The number of aliphatic hydroxyl groups is 1. The Kier molecular flexibility index (Phi) is 2.64. The molecule has 3 heteroatoms. The summed E-state index contributed by atoms with van der Waals surface area (Å²) in [6.45, 7) is 3.93. The molecule has 1 saturated heterocycles. The molecule has 1 aromatic rings. The summed E-state index contributed by atoms with van der Waals surface area (Å²) in [5.74, 6) is 0. The zero-order valence-corrected chi connectivity index (χ0v) is 9.60. The van der Waals surface area contributed by atoms with E-state index in [4.69, 9.17) is 0 Å². The van der Waals surface area contributed by atoms with Crippen molar-refractivity contribution in [3.8, 4) is 0 Å². The molecule has 2 rings (SSSR count). The van der Waals surface area contributed by atoms with E-state index in [1.807, 2.05) is 0 Å².